The average molecular weight is 520 g/mol. The molecule has 0 saturated heterocycles. The highest BCUT2D eigenvalue weighted by Crippen LogP contribution is 2.25. The number of rotatable bonds is 9. The van der Waals surface area contributed by atoms with Crippen molar-refractivity contribution in [2.45, 2.75) is 33.0 Å². The third kappa shape index (κ3) is 5.60. The van der Waals surface area contributed by atoms with Crippen molar-refractivity contribution >= 4 is 0 Å². The van der Waals surface area contributed by atoms with E-state index in [1.54, 1.807) is 38.1 Å². The quantitative estimate of drug-likeness (QED) is 0.312. The van der Waals surface area contributed by atoms with Crippen molar-refractivity contribution in [2.24, 2.45) is 0 Å². The first kappa shape index (κ1) is 27.0. The normalized spacial score (nSPS) is 12.1. The maximum atomic E-state index is 14.6. The average Bonchev–Trinajstić information content (AvgIpc) is 2.88. The zero-order chi connectivity index (χ0) is 27.4. The Morgan fingerprint density at radius 3 is 2.26 bits per heavy atom. The number of benzene rings is 3. The lowest BCUT2D eigenvalue weighted by molar-refractivity contribution is 0.270. The van der Waals surface area contributed by atoms with E-state index in [4.69, 9.17) is 4.74 Å². The predicted octanol–water partition coefficient (Wildman–Crippen LogP) is 5.01. The van der Waals surface area contributed by atoms with Gasteiger partial charge < -0.3 is 9.64 Å². The van der Waals surface area contributed by atoms with Gasteiger partial charge in [0.15, 0.2) is 0 Å². The molecule has 6 nitrogen and oxygen atoms in total. The fourth-order valence-corrected chi connectivity index (χ4v) is 4.79. The van der Waals surface area contributed by atoms with Gasteiger partial charge >= 0.3 is 5.69 Å². The van der Waals surface area contributed by atoms with Crippen LogP contribution >= 0.6 is 0 Å². The van der Waals surface area contributed by atoms with E-state index in [1.165, 1.54) is 22.3 Å². The number of halogens is 2. The van der Waals surface area contributed by atoms with Crippen LogP contribution in [0, 0.1) is 18.6 Å². The molecule has 4 aromatic rings. The lowest BCUT2D eigenvalue weighted by atomic mass is 10.0. The Morgan fingerprint density at radius 1 is 0.947 bits per heavy atom. The summed E-state index contributed by atoms with van der Waals surface area (Å²) in [5.74, 6) is -0.971. The first-order chi connectivity index (χ1) is 18.2. The Hall–Kier alpha value is -4.04. The van der Waals surface area contributed by atoms with Crippen molar-refractivity contribution in [3.05, 3.63) is 122 Å². The second kappa shape index (κ2) is 11.6. The highest BCUT2D eigenvalue weighted by Gasteiger charge is 2.23. The highest BCUT2D eigenvalue weighted by molar-refractivity contribution is 5.66. The van der Waals surface area contributed by atoms with E-state index in [0.717, 1.165) is 17.7 Å². The summed E-state index contributed by atoms with van der Waals surface area (Å²) in [7, 11) is 3.44. The molecular weight excluding hydrogens is 488 g/mol. The molecule has 1 aromatic heterocycles. The molecule has 0 spiro atoms. The van der Waals surface area contributed by atoms with Crippen molar-refractivity contribution in [3.63, 3.8) is 0 Å². The maximum absolute atomic E-state index is 14.6. The van der Waals surface area contributed by atoms with Gasteiger partial charge in [-0.05, 0) is 56.3 Å². The van der Waals surface area contributed by atoms with Gasteiger partial charge in [0, 0.05) is 24.3 Å². The van der Waals surface area contributed by atoms with Crippen LogP contribution in [0.2, 0.25) is 0 Å². The number of aromatic nitrogens is 2. The van der Waals surface area contributed by atoms with Gasteiger partial charge in [-0.25, -0.2) is 13.6 Å². The number of hydrogen-bond acceptors (Lipinski definition) is 4. The molecule has 8 heteroatoms. The zero-order valence-corrected chi connectivity index (χ0v) is 21.9. The molecule has 0 amide bonds. The molecule has 0 N–H and O–H groups in total. The van der Waals surface area contributed by atoms with Crippen molar-refractivity contribution in [2.75, 3.05) is 20.7 Å². The van der Waals surface area contributed by atoms with Crippen LogP contribution in [0.3, 0.4) is 0 Å². The van der Waals surface area contributed by atoms with Crippen LogP contribution in [0.1, 0.15) is 29.8 Å². The monoisotopic (exact) mass is 519 g/mol. The SMILES string of the molecule is COc1cccc(-c2c(C)n(Cc3c(F)cccc3F)c(=O)n([C@H](C)CN(C)Cc3ccccc3)c2=O)c1. The van der Waals surface area contributed by atoms with Gasteiger partial charge in [-0.1, -0.05) is 48.5 Å². The minimum atomic E-state index is -0.757. The third-order valence-corrected chi connectivity index (χ3v) is 6.68. The Labute approximate surface area is 220 Å². The van der Waals surface area contributed by atoms with Gasteiger partial charge in [-0.15, -0.1) is 0 Å². The van der Waals surface area contributed by atoms with Crippen molar-refractivity contribution in [1.29, 1.82) is 0 Å². The van der Waals surface area contributed by atoms with E-state index in [9.17, 15) is 18.4 Å². The summed E-state index contributed by atoms with van der Waals surface area (Å²) in [5.41, 5.74) is 0.910. The summed E-state index contributed by atoms with van der Waals surface area (Å²) in [4.78, 5) is 29.7. The molecule has 198 valence electrons. The Kier molecular flexibility index (Phi) is 8.22. The summed E-state index contributed by atoms with van der Waals surface area (Å²) in [5, 5.41) is 0. The van der Waals surface area contributed by atoms with E-state index < -0.39 is 28.9 Å². The molecule has 0 aliphatic rings. The largest absolute Gasteiger partial charge is 0.497 e. The van der Waals surface area contributed by atoms with Gasteiger partial charge in [0.25, 0.3) is 5.56 Å². The minimum absolute atomic E-state index is 0.242. The first-order valence-corrected chi connectivity index (χ1v) is 12.4. The molecule has 4 rings (SSSR count). The fourth-order valence-electron chi connectivity index (χ4n) is 4.79. The predicted molar refractivity (Wildman–Crippen MR) is 145 cm³/mol. The van der Waals surface area contributed by atoms with Gasteiger partial charge in [0.1, 0.15) is 17.4 Å². The van der Waals surface area contributed by atoms with Crippen LogP contribution in [0.25, 0.3) is 11.1 Å². The van der Waals surface area contributed by atoms with Crippen LogP contribution in [-0.2, 0) is 13.1 Å². The highest BCUT2D eigenvalue weighted by atomic mass is 19.1. The van der Waals surface area contributed by atoms with E-state index in [2.05, 4.69) is 0 Å². The van der Waals surface area contributed by atoms with Crippen LogP contribution in [0.5, 0.6) is 5.75 Å². The van der Waals surface area contributed by atoms with Crippen LogP contribution in [0.15, 0.2) is 82.4 Å². The smallest absolute Gasteiger partial charge is 0.331 e. The molecule has 0 fully saturated rings. The van der Waals surface area contributed by atoms with Crippen LogP contribution < -0.4 is 16.0 Å². The van der Waals surface area contributed by atoms with Crippen LogP contribution in [0.4, 0.5) is 8.78 Å². The number of likely N-dealkylation sites (N-methyl/N-ethyl adjacent to an activating group) is 1. The third-order valence-electron chi connectivity index (χ3n) is 6.68. The molecule has 0 aliphatic heterocycles. The number of ether oxygens (including phenoxy) is 1. The molecule has 3 aromatic carbocycles. The molecule has 1 atom stereocenters. The molecule has 0 radical (unpaired) electrons. The number of methoxy groups -OCH3 is 1. The van der Waals surface area contributed by atoms with E-state index in [-0.39, 0.29) is 17.7 Å². The summed E-state index contributed by atoms with van der Waals surface area (Å²) >= 11 is 0. The van der Waals surface area contributed by atoms with Crippen molar-refractivity contribution in [1.82, 2.24) is 14.0 Å². The second-order valence-electron chi connectivity index (χ2n) is 9.47. The summed E-state index contributed by atoms with van der Waals surface area (Å²) in [6.45, 7) is 4.09. The molecule has 0 aliphatic carbocycles. The van der Waals surface area contributed by atoms with Crippen molar-refractivity contribution < 1.29 is 13.5 Å². The topological polar surface area (TPSA) is 56.5 Å². The summed E-state index contributed by atoms with van der Waals surface area (Å²) < 4.78 is 37.0. The Bertz CT molecular complexity index is 1530. The van der Waals surface area contributed by atoms with Gasteiger partial charge in [0.05, 0.1) is 25.3 Å². The number of nitrogens with zero attached hydrogens (tertiary/aromatic N) is 3. The van der Waals surface area contributed by atoms with E-state index in [0.29, 0.717) is 30.1 Å². The lowest BCUT2D eigenvalue weighted by Gasteiger charge is -2.25. The molecule has 1 heterocycles. The summed E-state index contributed by atoms with van der Waals surface area (Å²) in [6.07, 6.45) is 0. The Balaban J connectivity index is 1.84. The molecule has 0 unspecified atom stereocenters. The fraction of sp³-hybridized carbons (Fsp3) is 0.267. The second-order valence-corrected chi connectivity index (χ2v) is 9.47. The minimum Gasteiger partial charge on any atom is -0.497 e. The van der Waals surface area contributed by atoms with Gasteiger partial charge in [-0.3, -0.25) is 13.9 Å². The molecule has 38 heavy (non-hydrogen) atoms. The standard InChI is InChI=1S/C30H31F2N3O3/c1-20(17-33(3)18-22-10-6-5-7-11-22)35-29(36)28(23-12-8-13-24(16-23)38-4)21(2)34(30(35)37)19-25-26(31)14-9-15-27(25)32/h5-16,20H,17-19H2,1-4H3/t20-/m1/s1. The molecule has 0 bridgehead atoms. The molecular formula is C30H31F2N3O3. The summed E-state index contributed by atoms with van der Waals surface area (Å²) in [6, 6.07) is 19.9. The van der Waals surface area contributed by atoms with Crippen LogP contribution in [-0.4, -0.2) is 34.7 Å². The van der Waals surface area contributed by atoms with Gasteiger partial charge in [0.2, 0.25) is 0 Å². The van der Waals surface area contributed by atoms with Gasteiger partial charge in [-0.2, -0.15) is 0 Å². The first-order valence-electron chi connectivity index (χ1n) is 12.4. The Morgan fingerprint density at radius 2 is 1.61 bits per heavy atom. The van der Waals surface area contributed by atoms with Crippen molar-refractivity contribution in [3.8, 4) is 16.9 Å². The maximum Gasteiger partial charge on any atom is 0.331 e. The van der Waals surface area contributed by atoms with E-state index in [1.807, 2.05) is 42.3 Å². The lowest BCUT2D eigenvalue weighted by Crippen LogP contribution is -2.46. The van der Waals surface area contributed by atoms with E-state index >= 15 is 0 Å². The zero-order valence-electron chi connectivity index (χ0n) is 21.9. The molecule has 0 saturated carbocycles. The number of hydrogen-bond donors (Lipinski definition) is 0.